The van der Waals surface area contributed by atoms with Gasteiger partial charge in [-0.05, 0) is 30.0 Å². The van der Waals surface area contributed by atoms with Crippen molar-refractivity contribution in [2.45, 2.75) is 24.9 Å². The number of piperazine rings is 1. The van der Waals surface area contributed by atoms with Gasteiger partial charge >= 0.3 is 5.97 Å². The van der Waals surface area contributed by atoms with E-state index in [-0.39, 0.29) is 25.0 Å². The van der Waals surface area contributed by atoms with E-state index in [9.17, 15) is 18.3 Å². The van der Waals surface area contributed by atoms with Gasteiger partial charge in [0.2, 0.25) is 0 Å². The number of rotatable bonds is 6. The molecule has 1 aliphatic carbocycles. The summed E-state index contributed by atoms with van der Waals surface area (Å²) in [6, 6.07) is 17.5. The minimum absolute atomic E-state index is 0.208. The first-order valence-electron chi connectivity index (χ1n) is 10.5. The van der Waals surface area contributed by atoms with Crippen LogP contribution < -0.4 is 9.62 Å². The summed E-state index contributed by atoms with van der Waals surface area (Å²) in [5.74, 6) is -1.36. The summed E-state index contributed by atoms with van der Waals surface area (Å²) in [6.45, 7) is 2.66. The highest BCUT2D eigenvalue weighted by atomic mass is 32.2. The first-order chi connectivity index (χ1) is 15.3. The van der Waals surface area contributed by atoms with E-state index >= 15 is 0 Å². The van der Waals surface area contributed by atoms with E-state index in [1.165, 1.54) is 4.31 Å². The third-order valence-electron chi connectivity index (χ3n) is 6.40. The van der Waals surface area contributed by atoms with Crippen LogP contribution in [-0.2, 0) is 15.0 Å². The van der Waals surface area contributed by atoms with Crippen LogP contribution in [0, 0.1) is 5.92 Å². The molecule has 0 amide bonds. The van der Waals surface area contributed by atoms with Crippen LogP contribution >= 0.6 is 11.3 Å². The Morgan fingerprint density at radius 2 is 1.84 bits per heavy atom. The number of hydrogen-bond acceptors (Lipinski definition) is 6. The maximum Gasteiger partial charge on any atom is 0.325 e. The zero-order valence-electron chi connectivity index (χ0n) is 17.5. The summed E-state index contributed by atoms with van der Waals surface area (Å²) in [6.07, 6.45) is 0.301. The Kier molecular flexibility index (Phi) is 5.20. The average molecular weight is 473 g/mol. The highest BCUT2D eigenvalue weighted by molar-refractivity contribution is 7.87. The number of carbonyl (C=O) groups is 1. The Morgan fingerprint density at radius 3 is 2.50 bits per heavy atom. The standard InChI is InChI=1S/C22H24N4O4S2/c1-15-13-22(15,20(27)28)24-32(29,30)25-11-12-26(18(14-25)16-7-3-2-4-8-16)21-23-17-9-5-6-10-19(17)31-21/h2-10,15,18,24H,11-14H2,1H3,(H,27,28)/t15-,18+,22+/m1/s1. The zero-order valence-corrected chi connectivity index (χ0v) is 19.1. The van der Waals surface area contributed by atoms with Crippen molar-refractivity contribution in [3.63, 3.8) is 0 Å². The number of hydrogen-bond donors (Lipinski definition) is 2. The average Bonchev–Trinajstić information content (AvgIpc) is 3.24. The fraction of sp³-hybridized carbons (Fsp3) is 0.364. The largest absolute Gasteiger partial charge is 0.480 e. The highest BCUT2D eigenvalue weighted by Gasteiger charge is 2.61. The quantitative estimate of drug-likeness (QED) is 0.572. The molecule has 1 aliphatic heterocycles. The van der Waals surface area contributed by atoms with Gasteiger partial charge in [0, 0.05) is 19.6 Å². The van der Waals surface area contributed by atoms with Crippen molar-refractivity contribution in [2.75, 3.05) is 24.5 Å². The van der Waals surface area contributed by atoms with Gasteiger partial charge in [-0.3, -0.25) is 4.79 Å². The molecular formula is C22H24N4O4S2. The summed E-state index contributed by atoms with van der Waals surface area (Å²) in [5.41, 5.74) is 0.507. The van der Waals surface area contributed by atoms with Crippen molar-refractivity contribution in [3.05, 3.63) is 60.2 Å². The Morgan fingerprint density at radius 1 is 1.16 bits per heavy atom. The predicted octanol–water partition coefficient (Wildman–Crippen LogP) is 2.86. The van der Waals surface area contributed by atoms with Gasteiger partial charge in [-0.25, -0.2) is 4.98 Å². The minimum atomic E-state index is -3.97. The van der Waals surface area contributed by atoms with Crippen molar-refractivity contribution in [2.24, 2.45) is 5.92 Å². The second-order valence-electron chi connectivity index (χ2n) is 8.43. The summed E-state index contributed by atoms with van der Waals surface area (Å²) in [4.78, 5) is 18.6. The number of thiazole rings is 1. The molecule has 2 N–H and O–H groups in total. The Bertz CT molecular complexity index is 1230. The lowest BCUT2D eigenvalue weighted by Gasteiger charge is -2.41. The van der Waals surface area contributed by atoms with Crippen molar-refractivity contribution in [1.82, 2.24) is 14.0 Å². The van der Waals surface area contributed by atoms with E-state index < -0.39 is 21.7 Å². The molecule has 0 bridgehead atoms. The normalized spacial score (nSPS) is 26.3. The van der Waals surface area contributed by atoms with Crippen molar-refractivity contribution in [1.29, 1.82) is 0 Å². The molecule has 168 valence electrons. The molecule has 2 aromatic carbocycles. The molecule has 1 saturated carbocycles. The number of aliphatic carboxylic acids is 1. The SMILES string of the molecule is C[C@@H]1C[C@@]1(NS(=O)(=O)N1CCN(c2nc3ccccc3s2)[C@H](c2ccccc2)C1)C(=O)O. The molecule has 2 aliphatic rings. The Hall–Kier alpha value is -2.53. The van der Waals surface area contributed by atoms with Crippen LogP contribution in [0.15, 0.2) is 54.6 Å². The Balaban J connectivity index is 1.45. The second-order valence-corrected chi connectivity index (χ2v) is 11.1. The van der Waals surface area contributed by atoms with E-state index in [4.69, 9.17) is 4.98 Å². The Labute approximate surface area is 190 Å². The van der Waals surface area contributed by atoms with Crippen LogP contribution in [0.3, 0.4) is 0 Å². The van der Waals surface area contributed by atoms with Crippen LogP contribution in [0.1, 0.15) is 24.9 Å². The molecule has 32 heavy (non-hydrogen) atoms. The van der Waals surface area contributed by atoms with Crippen LogP contribution in [0.2, 0.25) is 0 Å². The molecule has 3 aromatic rings. The van der Waals surface area contributed by atoms with Crippen molar-refractivity contribution >= 4 is 42.9 Å². The maximum absolute atomic E-state index is 13.2. The molecule has 5 rings (SSSR count). The van der Waals surface area contributed by atoms with Crippen molar-refractivity contribution in [3.8, 4) is 0 Å². The van der Waals surface area contributed by atoms with E-state index in [0.717, 1.165) is 20.9 Å². The van der Waals surface area contributed by atoms with Crippen LogP contribution in [0.4, 0.5) is 5.13 Å². The fourth-order valence-corrected chi connectivity index (χ4v) is 7.01. The number of benzene rings is 2. The van der Waals surface area contributed by atoms with Crippen molar-refractivity contribution < 1.29 is 18.3 Å². The second kappa shape index (κ2) is 7.80. The fourth-order valence-electron chi connectivity index (χ4n) is 4.35. The summed E-state index contributed by atoms with van der Waals surface area (Å²) in [5, 5.41) is 10.4. The first kappa shape index (κ1) is 21.3. The smallest absolute Gasteiger partial charge is 0.325 e. The summed E-state index contributed by atoms with van der Waals surface area (Å²) < 4.78 is 31.3. The van der Waals surface area contributed by atoms with Gasteiger partial charge in [-0.1, -0.05) is 60.7 Å². The summed E-state index contributed by atoms with van der Waals surface area (Å²) >= 11 is 1.59. The molecule has 0 unspecified atom stereocenters. The van der Waals surface area contributed by atoms with Gasteiger partial charge < -0.3 is 10.0 Å². The maximum atomic E-state index is 13.2. The number of anilines is 1. The number of carboxylic acids is 1. The van der Waals surface area contributed by atoms with Gasteiger partial charge in [-0.15, -0.1) is 0 Å². The molecule has 0 spiro atoms. The number of nitrogens with one attached hydrogen (secondary N) is 1. The van der Waals surface area contributed by atoms with Crippen LogP contribution in [0.5, 0.6) is 0 Å². The van der Waals surface area contributed by atoms with Gasteiger partial charge in [0.1, 0.15) is 5.54 Å². The number of para-hydroxylation sites is 1. The number of nitrogens with zero attached hydrogens (tertiary/aromatic N) is 3. The van der Waals surface area contributed by atoms with Crippen LogP contribution in [0.25, 0.3) is 10.2 Å². The molecule has 10 heteroatoms. The predicted molar refractivity (Wildman–Crippen MR) is 124 cm³/mol. The van der Waals surface area contributed by atoms with Gasteiger partial charge in [0.15, 0.2) is 5.13 Å². The molecule has 3 atom stereocenters. The topological polar surface area (TPSA) is 103 Å². The monoisotopic (exact) mass is 472 g/mol. The minimum Gasteiger partial charge on any atom is -0.480 e. The lowest BCUT2D eigenvalue weighted by atomic mass is 10.0. The number of aromatic nitrogens is 1. The van der Waals surface area contributed by atoms with Gasteiger partial charge in [0.05, 0.1) is 16.3 Å². The molecule has 2 fully saturated rings. The lowest BCUT2D eigenvalue weighted by molar-refractivity contribution is -0.140. The first-order valence-corrected chi connectivity index (χ1v) is 12.8. The third kappa shape index (κ3) is 3.66. The lowest BCUT2D eigenvalue weighted by Crippen LogP contribution is -2.57. The number of fused-ring (bicyclic) bond motifs is 1. The molecule has 8 nitrogen and oxygen atoms in total. The molecule has 2 heterocycles. The molecule has 1 saturated heterocycles. The number of carboxylic acid groups (broad SMARTS) is 1. The van der Waals surface area contributed by atoms with E-state index in [1.807, 2.05) is 54.6 Å². The van der Waals surface area contributed by atoms with Gasteiger partial charge in [0.25, 0.3) is 10.2 Å². The molecule has 1 aromatic heterocycles. The van der Waals surface area contributed by atoms with Crippen LogP contribution in [-0.4, -0.2) is 54.0 Å². The van der Waals surface area contributed by atoms with Gasteiger partial charge in [-0.2, -0.15) is 17.4 Å². The van der Waals surface area contributed by atoms with E-state index in [2.05, 4.69) is 9.62 Å². The van der Waals surface area contributed by atoms with E-state index in [0.29, 0.717) is 13.0 Å². The zero-order chi connectivity index (χ0) is 22.5. The molecular weight excluding hydrogens is 448 g/mol. The molecule has 0 radical (unpaired) electrons. The van der Waals surface area contributed by atoms with E-state index in [1.54, 1.807) is 18.3 Å². The third-order valence-corrected chi connectivity index (χ3v) is 9.10. The summed E-state index contributed by atoms with van der Waals surface area (Å²) in [7, 11) is -3.97. The highest BCUT2D eigenvalue weighted by Crippen LogP contribution is 2.44.